The van der Waals surface area contributed by atoms with Gasteiger partial charge in [-0.25, -0.2) is 0 Å². The first-order chi connectivity index (χ1) is 9.68. The lowest BCUT2D eigenvalue weighted by Crippen LogP contribution is -2.39. The number of aryl methyl sites for hydroxylation is 1. The van der Waals surface area contributed by atoms with E-state index in [-0.39, 0.29) is 18.2 Å². The van der Waals surface area contributed by atoms with Crippen molar-refractivity contribution in [1.82, 2.24) is 4.90 Å². The van der Waals surface area contributed by atoms with Crippen LogP contribution < -0.4 is 0 Å². The van der Waals surface area contributed by atoms with Gasteiger partial charge in [-0.1, -0.05) is 38.1 Å². The highest BCUT2D eigenvalue weighted by Crippen LogP contribution is 2.32. The minimum absolute atomic E-state index is 0.0163. The lowest BCUT2D eigenvalue weighted by Gasteiger charge is -2.30. The molecule has 0 heterocycles. The fourth-order valence-corrected chi connectivity index (χ4v) is 2.11. The van der Waals surface area contributed by atoms with E-state index in [0.29, 0.717) is 6.54 Å². The third-order valence-corrected chi connectivity index (χ3v) is 4.38. The zero-order valence-electron chi connectivity index (χ0n) is 13.5. The van der Waals surface area contributed by atoms with Crippen molar-refractivity contribution in [3.63, 3.8) is 0 Å². The number of hydrogen-bond acceptors (Lipinski definition) is 2. The summed E-state index contributed by atoms with van der Waals surface area (Å²) >= 11 is 0. The van der Waals surface area contributed by atoms with Crippen molar-refractivity contribution in [2.75, 3.05) is 7.05 Å². The van der Waals surface area contributed by atoms with Crippen LogP contribution in [0.15, 0.2) is 24.3 Å². The summed E-state index contributed by atoms with van der Waals surface area (Å²) in [5, 5.41) is 9.40. The fraction of sp³-hybridized carbons (Fsp3) is 0.529. The van der Waals surface area contributed by atoms with Gasteiger partial charge < -0.3 is 10.0 Å². The van der Waals surface area contributed by atoms with E-state index in [2.05, 4.69) is 0 Å². The molecule has 4 heteroatoms. The zero-order valence-corrected chi connectivity index (χ0v) is 13.5. The number of nitrogens with zero attached hydrogens (tertiary/aromatic N) is 1. The first-order valence-corrected chi connectivity index (χ1v) is 7.20. The number of benzene rings is 1. The summed E-state index contributed by atoms with van der Waals surface area (Å²) in [6.07, 6.45) is 0.0163. The predicted octanol–water partition coefficient (Wildman–Crippen LogP) is 3.09. The van der Waals surface area contributed by atoms with Crippen molar-refractivity contribution in [2.45, 2.75) is 40.7 Å². The number of carbonyl (C=O) groups excluding carboxylic acids is 1. The molecule has 4 nitrogen and oxygen atoms in total. The Labute approximate surface area is 126 Å². The van der Waals surface area contributed by atoms with Crippen molar-refractivity contribution < 1.29 is 14.7 Å². The molecule has 0 aliphatic rings. The Morgan fingerprint density at radius 3 is 2.33 bits per heavy atom. The van der Waals surface area contributed by atoms with Gasteiger partial charge >= 0.3 is 5.97 Å². The standard InChI is InChI=1S/C17H25NO3/c1-12(2)17(4,16(20)21)10-15(19)18(5)11-14-9-7-6-8-13(14)3/h6-9,12H,10-11H2,1-5H3,(H,20,21). The number of carboxylic acids is 1. The van der Waals surface area contributed by atoms with Gasteiger partial charge in [0.25, 0.3) is 0 Å². The first-order valence-electron chi connectivity index (χ1n) is 7.20. The third kappa shape index (κ3) is 4.06. The zero-order chi connectivity index (χ0) is 16.2. The molecule has 1 unspecified atom stereocenters. The van der Waals surface area contributed by atoms with E-state index in [0.717, 1.165) is 11.1 Å². The smallest absolute Gasteiger partial charge is 0.310 e. The Balaban J connectivity index is 2.80. The van der Waals surface area contributed by atoms with Gasteiger partial charge in [-0.15, -0.1) is 0 Å². The van der Waals surface area contributed by atoms with Gasteiger partial charge in [0.2, 0.25) is 5.91 Å². The Kier molecular flexibility index (Phi) is 5.53. The Bertz CT molecular complexity index is 525. The highest BCUT2D eigenvalue weighted by atomic mass is 16.4. The van der Waals surface area contributed by atoms with Crippen LogP contribution in [0.1, 0.15) is 38.3 Å². The van der Waals surface area contributed by atoms with E-state index >= 15 is 0 Å². The second kappa shape index (κ2) is 6.74. The summed E-state index contributed by atoms with van der Waals surface area (Å²) in [6, 6.07) is 7.89. The summed E-state index contributed by atoms with van der Waals surface area (Å²) in [5.74, 6) is -1.17. The van der Waals surface area contributed by atoms with Crippen molar-refractivity contribution in [3.8, 4) is 0 Å². The Morgan fingerprint density at radius 2 is 1.86 bits per heavy atom. The van der Waals surface area contributed by atoms with E-state index in [4.69, 9.17) is 0 Å². The maximum Gasteiger partial charge on any atom is 0.310 e. The van der Waals surface area contributed by atoms with Gasteiger partial charge in [0.15, 0.2) is 0 Å². The van der Waals surface area contributed by atoms with Gasteiger partial charge in [-0.2, -0.15) is 0 Å². The molecule has 0 bridgehead atoms. The molecule has 21 heavy (non-hydrogen) atoms. The largest absolute Gasteiger partial charge is 0.481 e. The lowest BCUT2D eigenvalue weighted by molar-refractivity contribution is -0.155. The van der Waals surface area contributed by atoms with Crippen molar-refractivity contribution in [2.24, 2.45) is 11.3 Å². The summed E-state index contributed by atoms with van der Waals surface area (Å²) in [7, 11) is 1.72. The van der Waals surface area contributed by atoms with Crippen LogP contribution in [-0.4, -0.2) is 28.9 Å². The van der Waals surface area contributed by atoms with Gasteiger partial charge in [0.1, 0.15) is 0 Å². The Morgan fingerprint density at radius 1 is 1.29 bits per heavy atom. The molecule has 116 valence electrons. The molecule has 0 radical (unpaired) electrons. The third-order valence-electron chi connectivity index (χ3n) is 4.38. The van der Waals surface area contributed by atoms with E-state index in [1.54, 1.807) is 18.9 Å². The van der Waals surface area contributed by atoms with Crippen LogP contribution in [0.2, 0.25) is 0 Å². The average molecular weight is 291 g/mol. The molecule has 1 aromatic carbocycles. The molecular weight excluding hydrogens is 266 g/mol. The van der Waals surface area contributed by atoms with Crippen molar-refractivity contribution in [1.29, 1.82) is 0 Å². The second-order valence-corrected chi connectivity index (χ2v) is 6.23. The first kappa shape index (κ1) is 17.2. The normalized spacial score (nSPS) is 13.8. The maximum absolute atomic E-state index is 12.3. The quantitative estimate of drug-likeness (QED) is 0.876. The van der Waals surface area contributed by atoms with E-state index in [9.17, 15) is 14.7 Å². The topological polar surface area (TPSA) is 57.6 Å². The van der Waals surface area contributed by atoms with Crippen LogP contribution >= 0.6 is 0 Å². The van der Waals surface area contributed by atoms with Crippen molar-refractivity contribution >= 4 is 11.9 Å². The van der Waals surface area contributed by atoms with Crippen LogP contribution in [0.4, 0.5) is 0 Å². The van der Waals surface area contributed by atoms with Gasteiger partial charge in [-0.3, -0.25) is 9.59 Å². The van der Waals surface area contributed by atoms with Crippen LogP contribution in [0, 0.1) is 18.3 Å². The highest BCUT2D eigenvalue weighted by Gasteiger charge is 2.39. The predicted molar refractivity (Wildman–Crippen MR) is 82.9 cm³/mol. The van der Waals surface area contributed by atoms with Crippen molar-refractivity contribution in [3.05, 3.63) is 35.4 Å². The number of carbonyl (C=O) groups is 2. The number of aliphatic carboxylic acids is 1. The minimum atomic E-state index is -1.03. The molecular formula is C17H25NO3. The highest BCUT2D eigenvalue weighted by molar-refractivity contribution is 5.84. The van der Waals surface area contributed by atoms with Gasteiger partial charge in [0, 0.05) is 20.0 Å². The monoisotopic (exact) mass is 291 g/mol. The van der Waals surface area contributed by atoms with Gasteiger partial charge in [-0.05, 0) is 30.9 Å². The molecule has 1 rings (SSSR count). The SMILES string of the molecule is Cc1ccccc1CN(C)C(=O)CC(C)(C(=O)O)C(C)C. The number of amides is 1. The van der Waals surface area contributed by atoms with Crippen LogP contribution in [0.3, 0.4) is 0 Å². The molecule has 0 aliphatic carbocycles. The molecule has 1 amide bonds. The summed E-state index contributed by atoms with van der Waals surface area (Å²) in [5.41, 5.74) is 1.17. The van der Waals surface area contributed by atoms with Gasteiger partial charge in [0.05, 0.1) is 5.41 Å². The summed E-state index contributed by atoms with van der Waals surface area (Å²) < 4.78 is 0. The second-order valence-electron chi connectivity index (χ2n) is 6.23. The molecule has 0 aliphatic heterocycles. The maximum atomic E-state index is 12.3. The molecule has 0 spiro atoms. The van der Waals surface area contributed by atoms with Crippen LogP contribution in [0.5, 0.6) is 0 Å². The molecule has 0 aromatic heterocycles. The van der Waals surface area contributed by atoms with E-state index in [1.165, 1.54) is 0 Å². The number of hydrogen-bond donors (Lipinski definition) is 1. The summed E-state index contributed by atoms with van der Waals surface area (Å²) in [6.45, 7) is 7.81. The van der Waals surface area contributed by atoms with E-state index in [1.807, 2.05) is 45.0 Å². The molecule has 1 atom stereocenters. The molecule has 0 fully saturated rings. The van der Waals surface area contributed by atoms with Crippen LogP contribution in [-0.2, 0) is 16.1 Å². The average Bonchev–Trinajstić information content (AvgIpc) is 2.40. The summed E-state index contributed by atoms with van der Waals surface area (Å²) in [4.78, 5) is 25.4. The fourth-order valence-electron chi connectivity index (χ4n) is 2.11. The number of carboxylic acid groups (broad SMARTS) is 1. The molecule has 0 saturated carbocycles. The number of rotatable bonds is 6. The molecule has 0 saturated heterocycles. The van der Waals surface area contributed by atoms with Crippen LogP contribution in [0.25, 0.3) is 0 Å². The Hall–Kier alpha value is -1.84. The lowest BCUT2D eigenvalue weighted by atomic mass is 9.76. The van der Waals surface area contributed by atoms with E-state index < -0.39 is 11.4 Å². The minimum Gasteiger partial charge on any atom is -0.481 e. The molecule has 1 aromatic rings. The molecule has 1 N–H and O–H groups in total.